The smallest absolute Gasteiger partial charge is 0.410 e. The highest BCUT2D eigenvalue weighted by Gasteiger charge is 2.26. The van der Waals surface area contributed by atoms with Gasteiger partial charge in [0.2, 0.25) is 0 Å². The first-order valence-corrected chi connectivity index (χ1v) is 9.26. The topological polar surface area (TPSA) is 38.8 Å². The largest absolute Gasteiger partial charge is 0.489 e. The highest BCUT2D eigenvalue weighted by molar-refractivity contribution is 6.31. The maximum absolute atomic E-state index is 13.9. The van der Waals surface area contributed by atoms with Gasteiger partial charge in [-0.25, -0.2) is 9.18 Å². The Morgan fingerprint density at radius 2 is 2.00 bits per heavy atom. The van der Waals surface area contributed by atoms with Crippen molar-refractivity contribution in [1.82, 2.24) is 4.90 Å². The number of benzene rings is 2. The summed E-state index contributed by atoms with van der Waals surface area (Å²) in [5.41, 5.74) is 1.98. The van der Waals surface area contributed by atoms with Crippen LogP contribution < -0.4 is 4.74 Å². The van der Waals surface area contributed by atoms with Crippen molar-refractivity contribution in [3.05, 3.63) is 63.9 Å². The molecule has 1 heterocycles. The Hall–Kier alpha value is -2.27. The molecule has 2 aromatic rings. The number of rotatable bonds is 3. The van der Waals surface area contributed by atoms with Gasteiger partial charge >= 0.3 is 6.09 Å². The molecule has 0 spiro atoms. The van der Waals surface area contributed by atoms with Crippen LogP contribution in [0.4, 0.5) is 9.18 Å². The first kappa shape index (κ1) is 19.5. The van der Waals surface area contributed by atoms with Crippen molar-refractivity contribution < 1.29 is 18.7 Å². The molecule has 0 aliphatic carbocycles. The lowest BCUT2D eigenvalue weighted by atomic mass is 10.00. The van der Waals surface area contributed by atoms with Gasteiger partial charge in [-0.15, -0.1) is 0 Å². The van der Waals surface area contributed by atoms with Crippen LogP contribution in [-0.2, 0) is 24.3 Å². The number of carbonyl (C=O) groups excluding carboxylic acids is 1. The van der Waals surface area contributed by atoms with E-state index in [9.17, 15) is 9.18 Å². The second-order valence-corrected chi connectivity index (χ2v) is 7.98. The van der Waals surface area contributed by atoms with Gasteiger partial charge in [-0.2, -0.15) is 0 Å². The lowest BCUT2D eigenvalue weighted by Gasteiger charge is -2.31. The van der Waals surface area contributed by atoms with Crippen LogP contribution in [-0.4, -0.2) is 23.1 Å². The van der Waals surface area contributed by atoms with Gasteiger partial charge in [-0.05, 0) is 62.6 Å². The fourth-order valence-electron chi connectivity index (χ4n) is 2.93. The molecule has 144 valence electrons. The molecule has 0 fully saturated rings. The van der Waals surface area contributed by atoms with Gasteiger partial charge in [0.15, 0.2) is 0 Å². The molecule has 0 N–H and O–H groups in total. The summed E-state index contributed by atoms with van der Waals surface area (Å²) in [6.07, 6.45) is 0.436. The van der Waals surface area contributed by atoms with Crippen LogP contribution in [0.5, 0.6) is 5.75 Å². The summed E-state index contributed by atoms with van der Waals surface area (Å²) in [7, 11) is 0. The van der Waals surface area contributed by atoms with E-state index in [4.69, 9.17) is 21.1 Å². The first-order valence-electron chi connectivity index (χ1n) is 8.88. The standard InChI is InChI=1S/C21H23ClFNO3/c1-21(2,3)27-20(25)24-10-9-14-7-8-16(11-15(14)12-24)26-13-17-18(22)5-4-6-19(17)23/h4-8,11H,9-10,12-13H2,1-3H3. The molecule has 0 radical (unpaired) electrons. The average Bonchev–Trinajstić information content (AvgIpc) is 2.59. The monoisotopic (exact) mass is 391 g/mol. The van der Waals surface area contributed by atoms with E-state index < -0.39 is 11.4 Å². The van der Waals surface area contributed by atoms with Crippen molar-refractivity contribution in [3.8, 4) is 5.75 Å². The van der Waals surface area contributed by atoms with Crippen molar-refractivity contribution >= 4 is 17.7 Å². The van der Waals surface area contributed by atoms with Gasteiger partial charge in [0.1, 0.15) is 23.8 Å². The lowest BCUT2D eigenvalue weighted by Crippen LogP contribution is -2.39. The van der Waals surface area contributed by atoms with E-state index in [-0.39, 0.29) is 12.7 Å². The zero-order chi connectivity index (χ0) is 19.6. The first-order chi connectivity index (χ1) is 12.7. The van der Waals surface area contributed by atoms with Gasteiger partial charge in [-0.1, -0.05) is 23.7 Å². The third-order valence-corrected chi connectivity index (χ3v) is 4.64. The van der Waals surface area contributed by atoms with Crippen molar-refractivity contribution in [3.63, 3.8) is 0 Å². The number of hydrogen-bond acceptors (Lipinski definition) is 3. The predicted molar refractivity (Wildman–Crippen MR) is 103 cm³/mol. The van der Waals surface area contributed by atoms with Crippen LogP contribution in [0.25, 0.3) is 0 Å². The van der Waals surface area contributed by atoms with Crippen LogP contribution in [0.3, 0.4) is 0 Å². The molecule has 0 atom stereocenters. The molecule has 1 aliphatic heterocycles. The number of fused-ring (bicyclic) bond motifs is 1. The SMILES string of the molecule is CC(C)(C)OC(=O)N1CCc2ccc(OCc3c(F)cccc3Cl)cc2C1. The number of ether oxygens (including phenoxy) is 2. The maximum atomic E-state index is 13.9. The Bertz CT molecular complexity index is 828. The molecule has 0 saturated heterocycles. The molecule has 6 heteroatoms. The quantitative estimate of drug-likeness (QED) is 0.707. The van der Waals surface area contributed by atoms with Crippen LogP contribution in [0.1, 0.15) is 37.5 Å². The molecule has 0 saturated carbocycles. The molecule has 1 aliphatic rings. The van der Waals surface area contributed by atoms with Crippen molar-refractivity contribution in [2.24, 2.45) is 0 Å². The molecule has 2 aromatic carbocycles. The van der Waals surface area contributed by atoms with E-state index in [0.717, 1.165) is 12.0 Å². The Morgan fingerprint density at radius 1 is 1.22 bits per heavy atom. The van der Waals surface area contributed by atoms with Crippen molar-refractivity contribution in [1.29, 1.82) is 0 Å². The zero-order valence-electron chi connectivity index (χ0n) is 15.7. The Balaban J connectivity index is 1.70. The summed E-state index contributed by atoms with van der Waals surface area (Å²) in [6.45, 7) is 6.67. The molecule has 0 bridgehead atoms. The molecule has 3 rings (SSSR count). The molecule has 0 aromatic heterocycles. The second kappa shape index (κ2) is 7.77. The highest BCUT2D eigenvalue weighted by Crippen LogP contribution is 2.27. The Morgan fingerprint density at radius 3 is 2.70 bits per heavy atom. The minimum atomic E-state index is -0.526. The van der Waals surface area contributed by atoms with E-state index in [1.165, 1.54) is 11.6 Å². The van der Waals surface area contributed by atoms with Crippen LogP contribution in [0.2, 0.25) is 5.02 Å². The fraction of sp³-hybridized carbons (Fsp3) is 0.381. The van der Waals surface area contributed by atoms with Crippen molar-refractivity contribution in [2.75, 3.05) is 6.54 Å². The third kappa shape index (κ3) is 4.92. The summed E-state index contributed by atoms with van der Waals surface area (Å²) < 4.78 is 25.1. The number of nitrogens with zero attached hydrogens (tertiary/aromatic N) is 1. The predicted octanol–water partition coefficient (Wildman–Crippen LogP) is 5.35. The molecular weight excluding hydrogens is 369 g/mol. The van der Waals surface area contributed by atoms with E-state index >= 15 is 0 Å². The summed E-state index contributed by atoms with van der Waals surface area (Å²) in [5.74, 6) is 0.218. The molecule has 0 unspecified atom stereocenters. The summed E-state index contributed by atoms with van der Waals surface area (Å²) in [6, 6.07) is 10.3. The van der Waals surface area contributed by atoms with Gasteiger partial charge in [0.05, 0.1) is 5.02 Å². The Labute approximate surface area is 163 Å². The van der Waals surface area contributed by atoms with Gasteiger partial charge in [-0.3, -0.25) is 0 Å². The van der Waals surface area contributed by atoms with Crippen molar-refractivity contribution in [2.45, 2.75) is 45.9 Å². The van der Waals surface area contributed by atoms with Gasteiger partial charge in [0, 0.05) is 18.7 Å². The average molecular weight is 392 g/mol. The highest BCUT2D eigenvalue weighted by atomic mass is 35.5. The van der Waals surface area contributed by atoms with E-state index in [1.54, 1.807) is 17.0 Å². The molecule has 1 amide bonds. The third-order valence-electron chi connectivity index (χ3n) is 4.29. The number of amides is 1. The van der Waals surface area contributed by atoms with Gasteiger partial charge in [0.25, 0.3) is 0 Å². The summed E-state index contributed by atoms with van der Waals surface area (Å²) in [4.78, 5) is 14.0. The fourth-order valence-corrected chi connectivity index (χ4v) is 3.15. The number of hydrogen-bond donors (Lipinski definition) is 0. The maximum Gasteiger partial charge on any atom is 0.410 e. The van der Waals surface area contributed by atoms with Gasteiger partial charge < -0.3 is 14.4 Å². The normalized spacial score (nSPS) is 13.9. The second-order valence-electron chi connectivity index (χ2n) is 7.57. The molecular formula is C21H23ClFNO3. The molecule has 27 heavy (non-hydrogen) atoms. The lowest BCUT2D eigenvalue weighted by molar-refractivity contribution is 0.0223. The summed E-state index contributed by atoms with van der Waals surface area (Å²) >= 11 is 6.04. The van der Waals surface area contributed by atoms with E-state index in [2.05, 4.69) is 0 Å². The van der Waals surface area contributed by atoms with Crippen LogP contribution >= 0.6 is 11.6 Å². The van der Waals surface area contributed by atoms with Crippen LogP contribution in [0.15, 0.2) is 36.4 Å². The minimum absolute atomic E-state index is 0.0417. The Kier molecular flexibility index (Phi) is 5.61. The van der Waals surface area contributed by atoms with E-state index in [1.807, 2.05) is 39.0 Å². The molecule has 4 nitrogen and oxygen atoms in total. The zero-order valence-corrected chi connectivity index (χ0v) is 16.5. The van der Waals surface area contributed by atoms with Crippen LogP contribution in [0, 0.1) is 5.82 Å². The number of carbonyl (C=O) groups is 1. The number of halogens is 2. The minimum Gasteiger partial charge on any atom is -0.489 e. The summed E-state index contributed by atoms with van der Waals surface area (Å²) in [5, 5.41) is 0.337. The van der Waals surface area contributed by atoms with E-state index in [0.29, 0.717) is 29.4 Å².